The van der Waals surface area contributed by atoms with Gasteiger partial charge in [0.2, 0.25) is 0 Å². The fraction of sp³-hybridized carbons (Fsp3) is 0.333. The first-order valence-electron chi connectivity index (χ1n) is 7.75. The molecule has 0 saturated carbocycles. The molecule has 23 heavy (non-hydrogen) atoms. The van der Waals surface area contributed by atoms with Crippen LogP contribution in [-0.2, 0) is 17.6 Å². The maximum Gasteiger partial charge on any atom is 0.341 e. The molecule has 5 heteroatoms. The fourth-order valence-electron chi connectivity index (χ4n) is 2.80. The van der Waals surface area contributed by atoms with E-state index in [0.717, 1.165) is 30.4 Å². The number of esters is 1. The average Bonchev–Trinajstić information content (AvgIpc) is 3.08. The number of carbonyl (C=O) groups excluding carboxylic acids is 1. The van der Waals surface area contributed by atoms with Crippen molar-refractivity contribution in [1.29, 1.82) is 0 Å². The minimum absolute atomic E-state index is 0.182. The molecule has 3 rings (SSSR count). The van der Waals surface area contributed by atoms with Gasteiger partial charge in [0.05, 0.1) is 12.2 Å². The Bertz CT molecular complexity index is 777. The second kappa shape index (κ2) is 6.54. The Morgan fingerprint density at radius 3 is 3.04 bits per heavy atom. The Morgan fingerprint density at radius 2 is 2.26 bits per heavy atom. The molecule has 1 aliphatic carbocycles. The van der Waals surface area contributed by atoms with E-state index in [1.807, 2.05) is 19.1 Å². The number of aliphatic imine (C=N–C) groups is 1. The quantitative estimate of drug-likeness (QED) is 0.676. The summed E-state index contributed by atoms with van der Waals surface area (Å²) in [5.74, 6) is -0.117. The van der Waals surface area contributed by atoms with Crippen LogP contribution in [0.2, 0.25) is 0 Å². The third-order valence-electron chi connectivity index (χ3n) is 3.89. The number of fused-ring (bicyclic) bond motifs is 1. The largest absolute Gasteiger partial charge is 0.507 e. The molecule has 120 valence electrons. The zero-order chi connectivity index (χ0) is 16.4. The molecule has 0 aliphatic heterocycles. The van der Waals surface area contributed by atoms with Gasteiger partial charge in [0.1, 0.15) is 10.8 Å². The van der Waals surface area contributed by atoms with E-state index in [4.69, 9.17) is 4.74 Å². The molecule has 0 radical (unpaired) electrons. The van der Waals surface area contributed by atoms with Gasteiger partial charge in [-0.25, -0.2) is 9.79 Å². The molecule has 0 atom stereocenters. The van der Waals surface area contributed by atoms with E-state index < -0.39 is 0 Å². The molecular weight excluding hydrogens is 310 g/mol. The smallest absolute Gasteiger partial charge is 0.341 e. The molecule has 1 aromatic carbocycles. The summed E-state index contributed by atoms with van der Waals surface area (Å²) in [6, 6.07) is 5.36. The van der Waals surface area contributed by atoms with Crippen LogP contribution in [0, 0.1) is 6.92 Å². The number of aromatic hydroxyl groups is 1. The van der Waals surface area contributed by atoms with Crippen molar-refractivity contribution in [2.75, 3.05) is 6.61 Å². The molecule has 1 heterocycles. The number of hydrogen-bond donors (Lipinski definition) is 1. The van der Waals surface area contributed by atoms with E-state index in [9.17, 15) is 9.90 Å². The van der Waals surface area contributed by atoms with E-state index in [-0.39, 0.29) is 11.7 Å². The molecule has 4 nitrogen and oxygen atoms in total. The first kappa shape index (κ1) is 15.7. The van der Waals surface area contributed by atoms with Gasteiger partial charge in [0.15, 0.2) is 0 Å². The zero-order valence-corrected chi connectivity index (χ0v) is 14.1. The number of thiophene rings is 1. The topological polar surface area (TPSA) is 58.9 Å². The van der Waals surface area contributed by atoms with Gasteiger partial charge in [-0.1, -0.05) is 11.6 Å². The summed E-state index contributed by atoms with van der Waals surface area (Å²) >= 11 is 1.55. The predicted molar refractivity (Wildman–Crippen MR) is 92.4 cm³/mol. The highest BCUT2D eigenvalue weighted by Crippen LogP contribution is 2.41. The van der Waals surface area contributed by atoms with Gasteiger partial charge >= 0.3 is 5.97 Å². The molecule has 0 saturated heterocycles. The molecular formula is C18H19NO3S. The molecule has 0 bridgehead atoms. The zero-order valence-electron chi connectivity index (χ0n) is 13.3. The number of phenols is 1. The van der Waals surface area contributed by atoms with Crippen molar-refractivity contribution in [2.45, 2.75) is 33.1 Å². The SMILES string of the molecule is CCOC(=O)c1c(N=Cc2cc(C)ccc2O)sc2c1CCC2. The van der Waals surface area contributed by atoms with Gasteiger partial charge in [-0.15, -0.1) is 11.3 Å². The lowest BCUT2D eigenvalue weighted by atomic mass is 10.1. The molecule has 0 fully saturated rings. The fourth-order valence-corrected chi connectivity index (χ4v) is 4.02. The number of carbonyl (C=O) groups is 1. The van der Waals surface area contributed by atoms with E-state index in [0.29, 0.717) is 22.7 Å². The van der Waals surface area contributed by atoms with Gasteiger partial charge in [-0.3, -0.25) is 0 Å². The Morgan fingerprint density at radius 1 is 1.43 bits per heavy atom. The van der Waals surface area contributed by atoms with Crippen molar-refractivity contribution >= 4 is 28.5 Å². The summed E-state index contributed by atoms with van der Waals surface area (Å²) in [7, 11) is 0. The highest BCUT2D eigenvalue weighted by molar-refractivity contribution is 7.16. The van der Waals surface area contributed by atoms with Crippen LogP contribution in [0.1, 0.15) is 45.3 Å². The predicted octanol–water partition coefficient (Wildman–Crippen LogP) is 4.18. The Hall–Kier alpha value is -2.14. The number of phenolic OH excluding ortho intramolecular Hbond substituents is 1. The lowest BCUT2D eigenvalue weighted by Crippen LogP contribution is -2.06. The van der Waals surface area contributed by atoms with Gasteiger partial charge in [0.25, 0.3) is 0 Å². The van der Waals surface area contributed by atoms with E-state index >= 15 is 0 Å². The summed E-state index contributed by atoms with van der Waals surface area (Å²) in [5, 5.41) is 10.6. The van der Waals surface area contributed by atoms with Crippen molar-refractivity contribution in [2.24, 2.45) is 4.99 Å². The average molecular weight is 329 g/mol. The van der Waals surface area contributed by atoms with Gasteiger partial charge in [0, 0.05) is 16.7 Å². The number of benzene rings is 1. The van der Waals surface area contributed by atoms with Crippen LogP contribution in [0.15, 0.2) is 23.2 Å². The molecule has 0 amide bonds. The van der Waals surface area contributed by atoms with Crippen LogP contribution >= 0.6 is 11.3 Å². The van der Waals surface area contributed by atoms with Crippen LogP contribution in [-0.4, -0.2) is 23.9 Å². The number of rotatable bonds is 4. The van der Waals surface area contributed by atoms with Crippen LogP contribution in [0.5, 0.6) is 5.75 Å². The van der Waals surface area contributed by atoms with E-state index in [1.165, 1.54) is 4.88 Å². The Balaban J connectivity index is 1.98. The number of ether oxygens (including phenoxy) is 1. The van der Waals surface area contributed by atoms with Crippen molar-refractivity contribution in [1.82, 2.24) is 0 Å². The highest BCUT2D eigenvalue weighted by Gasteiger charge is 2.27. The lowest BCUT2D eigenvalue weighted by Gasteiger charge is -2.04. The van der Waals surface area contributed by atoms with E-state index in [1.54, 1.807) is 30.5 Å². The molecule has 2 aromatic rings. The van der Waals surface area contributed by atoms with Crippen molar-refractivity contribution < 1.29 is 14.6 Å². The maximum atomic E-state index is 12.3. The molecule has 1 N–H and O–H groups in total. The van der Waals surface area contributed by atoms with Crippen molar-refractivity contribution in [3.8, 4) is 5.75 Å². The maximum absolute atomic E-state index is 12.3. The van der Waals surface area contributed by atoms with Gasteiger partial charge in [-0.2, -0.15) is 0 Å². The minimum atomic E-state index is -0.299. The number of aryl methyl sites for hydroxylation is 2. The third kappa shape index (κ3) is 3.15. The van der Waals surface area contributed by atoms with Crippen LogP contribution < -0.4 is 0 Å². The van der Waals surface area contributed by atoms with Crippen LogP contribution in [0.25, 0.3) is 0 Å². The summed E-state index contributed by atoms with van der Waals surface area (Å²) < 4.78 is 5.19. The molecule has 1 aliphatic rings. The normalized spacial score (nSPS) is 13.5. The van der Waals surface area contributed by atoms with Gasteiger partial charge < -0.3 is 9.84 Å². The second-order valence-corrected chi connectivity index (χ2v) is 6.66. The third-order valence-corrected chi connectivity index (χ3v) is 5.09. The molecule has 0 unspecified atom stereocenters. The number of nitrogens with zero attached hydrogens (tertiary/aromatic N) is 1. The first-order valence-corrected chi connectivity index (χ1v) is 8.57. The van der Waals surface area contributed by atoms with E-state index in [2.05, 4.69) is 4.99 Å². The van der Waals surface area contributed by atoms with Crippen LogP contribution in [0.4, 0.5) is 5.00 Å². The monoisotopic (exact) mass is 329 g/mol. The number of hydrogen-bond acceptors (Lipinski definition) is 5. The van der Waals surface area contributed by atoms with Crippen LogP contribution in [0.3, 0.4) is 0 Å². The summed E-state index contributed by atoms with van der Waals surface area (Å²) in [6.07, 6.45) is 4.60. The van der Waals surface area contributed by atoms with Crippen molar-refractivity contribution in [3.63, 3.8) is 0 Å². The summed E-state index contributed by atoms with van der Waals surface area (Å²) in [4.78, 5) is 18.0. The second-order valence-electron chi connectivity index (χ2n) is 5.58. The van der Waals surface area contributed by atoms with Gasteiger partial charge in [-0.05, 0) is 50.8 Å². The van der Waals surface area contributed by atoms with Crippen molar-refractivity contribution in [3.05, 3.63) is 45.3 Å². The Kier molecular flexibility index (Phi) is 4.48. The summed E-state index contributed by atoms with van der Waals surface area (Å²) in [6.45, 7) is 4.12. The lowest BCUT2D eigenvalue weighted by molar-refractivity contribution is 0.0527. The molecule has 1 aromatic heterocycles. The molecule has 0 spiro atoms. The first-order chi connectivity index (χ1) is 11.1. The highest BCUT2D eigenvalue weighted by atomic mass is 32.1. The summed E-state index contributed by atoms with van der Waals surface area (Å²) in [5.41, 5.74) is 3.39. The standard InChI is InChI=1S/C18H19NO3S/c1-3-22-18(21)16-13-5-4-6-15(13)23-17(16)19-10-12-9-11(2)7-8-14(12)20/h7-10,20H,3-6H2,1-2H3. The Labute approximate surface area is 139 Å². The minimum Gasteiger partial charge on any atom is -0.507 e.